The van der Waals surface area contributed by atoms with Crippen molar-refractivity contribution in [2.45, 2.75) is 19.6 Å². The highest BCUT2D eigenvalue weighted by Gasteiger charge is 2.27. The summed E-state index contributed by atoms with van der Waals surface area (Å²) in [4.78, 5) is 2.32. The molecule has 1 aliphatic rings. The summed E-state index contributed by atoms with van der Waals surface area (Å²) in [5, 5.41) is 0. The highest BCUT2D eigenvalue weighted by atomic mass is 16.5. The standard InChI is InChI=1S/C21H22N2O/c1-2-17-8-6-7-11-20(17)22-13-12-18(16-22)21-23(14-15-24-21)19-9-4-3-5-10-19/h3-13,16,21H,2,14-15H2,1H3/t21-/m0/s1. The monoisotopic (exact) mass is 318 g/mol. The van der Waals surface area contributed by atoms with Crippen LogP contribution in [0, 0.1) is 0 Å². The van der Waals surface area contributed by atoms with E-state index in [2.05, 4.69) is 83.4 Å². The van der Waals surface area contributed by atoms with Gasteiger partial charge in [0.05, 0.1) is 6.61 Å². The summed E-state index contributed by atoms with van der Waals surface area (Å²) in [6.07, 6.45) is 5.34. The Labute approximate surface area is 143 Å². The zero-order valence-electron chi connectivity index (χ0n) is 13.9. The molecule has 3 nitrogen and oxygen atoms in total. The first-order valence-corrected chi connectivity index (χ1v) is 8.56. The van der Waals surface area contributed by atoms with Crippen LogP contribution in [0.25, 0.3) is 5.69 Å². The van der Waals surface area contributed by atoms with E-state index in [1.54, 1.807) is 0 Å². The molecule has 0 amide bonds. The molecule has 1 atom stereocenters. The van der Waals surface area contributed by atoms with Gasteiger partial charge < -0.3 is 14.2 Å². The van der Waals surface area contributed by atoms with E-state index in [1.165, 1.54) is 22.5 Å². The van der Waals surface area contributed by atoms with Crippen molar-refractivity contribution in [1.29, 1.82) is 0 Å². The van der Waals surface area contributed by atoms with Crippen molar-refractivity contribution in [3.8, 4) is 5.69 Å². The normalized spacial score (nSPS) is 17.4. The molecule has 0 saturated carbocycles. The molecule has 1 aliphatic heterocycles. The minimum absolute atomic E-state index is 0.0116. The van der Waals surface area contributed by atoms with E-state index in [1.807, 2.05) is 6.07 Å². The predicted octanol–water partition coefficient (Wildman–Crippen LogP) is 4.58. The second-order valence-corrected chi connectivity index (χ2v) is 6.09. The van der Waals surface area contributed by atoms with Gasteiger partial charge >= 0.3 is 0 Å². The number of aromatic nitrogens is 1. The highest BCUT2D eigenvalue weighted by molar-refractivity contribution is 5.49. The smallest absolute Gasteiger partial charge is 0.158 e. The zero-order chi connectivity index (χ0) is 16.4. The average Bonchev–Trinajstić information content (AvgIpc) is 3.31. The number of para-hydroxylation sites is 2. The molecule has 1 saturated heterocycles. The first-order valence-electron chi connectivity index (χ1n) is 8.56. The molecule has 0 N–H and O–H groups in total. The van der Waals surface area contributed by atoms with Gasteiger partial charge in [-0.05, 0) is 36.2 Å². The topological polar surface area (TPSA) is 17.4 Å². The minimum atomic E-state index is -0.0116. The number of anilines is 1. The molecule has 0 radical (unpaired) electrons. The second-order valence-electron chi connectivity index (χ2n) is 6.09. The van der Waals surface area contributed by atoms with Gasteiger partial charge in [0.15, 0.2) is 6.23 Å². The van der Waals surface area contributed by atoms with Gasteiger partial charge in [0.1, 0.15) is 0 Å². The van der Waals surface area contributed by atoms with Gasteiger partial charge in [-0.3, -0.25) is 0 Å². The SMILES string of the molecule is CCc1ccccc1-n1ccc([C@@H]2OCCN2c2ccccc2)c1. The van der Waals surface area contributed by atoms with Crippen molar-refractivity contribution >= 4 is 5.69 Å². The number of ether oxygens (including phenoxy) is 1. The third kappa shape index (κ3) is 2.72. The van der Waals surface area contributed by atoms with Crippen LogP contribution >= 0.6 is 0 Å². The van der Waals surface area contributed by atoms with Crippen molar-refractivity contribution < 1.29 is 4.74 Å². The maximum absolute atomic E-state index is 6.02. The Hall–Kier alpha value is -2.52. The molecule has 4 rings (SSSR count). The van der Waals surface area contributed by atoms with Crippen molar-refractivity contribution in [1.82, 2.24) is 4.57 Å². The van der Waals surface area contributed by atoms with Crippen molar-refractivity contribution in [2.24, 2.45) is 0 Å². The fraction of sp³-hybridized carbons (Fsp3) is 0.238. The largest absolute Gasteiger partial charge is 0.352 e. The first kappa shape index (κ1) is 15.0. The second kappa shape index (κ2) is 6.54. The summed E-state index contributed by atoms with van der Waals surface area (Å²) in [7, 11) is 0. The Morgan fingerprint density at radius 3 is 2.62 bits per heavy atom. The third-order valence-electron chi connectivity index (χ3n) is 4.63. The molecule has 0 unspecified atom stereocenters. The number of hydrogen-bond donors (Lipinski definition) is 0. The summed E-state index contributed by atoms with van der Waals surface area (Å²) in [5.41, 5.74) is 5.01. The summed E-state index contributed by atoms with van der Waals surface area (Å²) < 4.78 is 8.23. The lowest BCUT2D eigenvalue weighted by Crippen LogP contribution is -2.22. The zero-order valence-corrected chi connectivity index (χ0v) is 13.9. The summed E-state index contributed by atoms with van der Waals surface area (Å²) in [6.45, 7) is 3.88. The van der Waals surface area contributed by atoms with Crippen molar-refractivity contribution in [2.75, 3.05) is 18.1 Å². The number of hydrogen-bond acceptors (Lipinski definition) is 2. The third-order valence-corrected chi connectivity index (χ3v) is 4.63. The molecule has 0 bridgehead atoms. The van der Waals surface area contributed by atoms with Gasteiger partial charge in [-0.1, -0.05) is 43.3 Å². The molecule has 2 heterocycles. The quantitative estimate of drug-likeness (QED) is 0.701. The summed E-state index contributed by atoms with van der Waals surface area (Å²) in [5.74, 6) is 0. The van der Waals surface area contributed by atoms with Crippen LogP contribution in [0.5, 0.6) is 0 Å². The van der Waals surface area contributed by atoms with Crippen molar-refractivity contribution in [3.63, 3.8) is 0 Å². The van der Waals surface area contributed by atoms with Crippen LogP contribution < -0.4 is 4.90 Å². The fourth-order valence-corrected chi connectivity index (χ4v) is 3.40. The van der Waals surface area contributed by atoms with Crippen LogP contribution in [0.2, 0.25) is 0 Å². The predicted molar refractivity (Wildman–Crippen MR) is 97.6 cm³/mol. The lowest BCUT2D eigenvalue weighted by molar-refractivity contribution is 0.114. The molecule has 1 aromatic heterocycles. The number of rotatable bonds is 4. The summed E-state index contributed by atoms with van der Waals surface area (Å²) in [6, 6.07) is 21.2. The molecule has 2 aromatic carbocycles. The minimum Gasteiger partial charge on any atom is -0.352 e. The Bertz CT molecular complexity index is 809. The molecule has 0 aliphatic carbocycles. The molecule has 24 heavy (non-hydrogen) atoms. The van der Waals surface area contributed by atoms with Gasteiger partial charge in [-0.25, -0.2) is 0 Å². The van der Waals surface area contributed by atoms with E-state index in [9.17, 15) is 0 Å². The average molecular weight is 318 g/mol. The Morgan fingerprint density at radius 2 is 1.79 bits per heavy atom. The maximum atomic E-state index is 6.02. The van der Waals surface area contributed by atoms with Crippen LogP contribution in [-0.2, 0) is 11.2 Å². The van der Waals surface area contributed by atoms with Gasteiger partial charge in [-0.15, -0.1) is 0 Å². The van der Waals surface area contributed by atoms with E-state index >= 15 is 0 Å². The lowest BCUT2D eigenvalue weighted by Gasteiger charge is -2.24. The number of benzene rings is 2. The number of aryl methyl sites for hydroxylation is 1. The maximum Gasteiger partial charge on any atom is 0.158 e. The molecular formula is C21H22N2O. The van der Waals surface area contributed by atoms with Crippen LogP contribution in [0.1, 0.15) is 24.3 Å². The first-order chi connectivity index (χ1) is 11.9. The highest BCUT2D eigenvalue weighted by Crippen LogP contribution is 2.32. The van der Waals surface area contributed by atoms with E-state index in [-0.39, 0.29) is 6.23 Å². The molecule has 3 aromatic rings. The Balaban J connectivity index is 1.65. The van der Waals surface area contributed by atoms with E-state index in [0.29, 0.717) is 0 Å². The van der Waals surface area contributed by atoms with Crippen LogP contribution in [0.4, 0.5) is 5.69 Å². The van der Waals surface area contributed by atoms with Crippen LogP contribution in [0.15, 0.2) is 73.1 Å². The van der Waals surface area contributed by atoms with Crippen LogP contribution in [-0.4, -0.2) is 17.7 Å². The van der Waals surface area contributed by atoms with Gasteiger partial charge in [0.2, 0.25) is 0 Å². The lowest BCUT2D eigenvalue weighted by atomic mass is 10.1. The Kier molecular flexibility index (Phi) is 4.09. The molecule has 0 spiro atoms. The summed E-state index contributed by atoms with van der Waals surface area (Å²) >= 11 is 0. The Morgan fingerprint density at radius 1 is 1.00 bits per heavy atom. The van der Waals surface area contributed by atoms with Gasteiger partial charge in [-0.2, -0.15) is 0 Å². The molecule has 3 heteroatoms. The molecule has 1 fully saturated rings. The van der Waals surface area contributed by atoms with Gasteiger partial charge in [0.25, 0.3) is 0 Å². The van der Waals surface area contributed by atoms with E-state index in [0.717, 1.165) is 19.6 Å². The van der Waals surface area contributed by atoms with E-state index in [4.69, 9.17) is 4.74 Å². The van der Waals surface area contributed by atoms with Crippen LogP contribution in [0.3, 0.4) is 0 Å². The van der Waals surface area contributed by atoms with Crippen molar-refractivity contribution in [3.05, 3.63) is 84.2 Å². The number of nitrogens with zero attached hydrogens (tertiary/aromatic N) is 2. The van der Waals surface area contributed by atoms with Gasteiger partial charge in [0, 0.05) is 35.9 Å². The molecule has 122 valence electrons. The molecular weight excluding hydrogens is 296 g/mol. The van der Waals surface area contributed by atoms with E-state index < -0.39 is 0 Å². The fourth-order valence-electron chi connectivity index (χ4n) is 3.40.